The quantitative estimate of drug-likeness (QED) is 0.417. The molecule has 1 aliphatic carbocycles. The van der Waals surface area contributed by atoms with Gasteiger partial charge in [-0.05, 0) is 30.9 Å². The predicted octanol–water partition coefficient (Wildman–Crippen LogP) is 2.32. The minimum absolute atomic E-state index is 0. The molecular weight excluding hydrogens is 439 g/mol. The van der Waals surface area contributed by atoms with E-state index in [-0.39, 0.29) is 24.0 Å². The normalized spacial score (nSPS) is 26.0. The number of morpholine rings is 1. The second-order valence-electron chi connectivity index (χ2n) is 7.33. The summed E-state index contributed by atoms with van der Waals surface area (Å²) in [5.41, 5.74) is 3.00. The van der Waals surface area contributed by atoms with E-state index < -0.39 is 0 Å². The molecule has 2 fully saturated rings. The van der Waals surface area contributed by atoms with Crippen molar-refractivity contribution in [2.45, 2.75) is 31.7 Å². The van der Waals surface area contributed by atoms with Crippen LogP contribution < -0.4 is 5.32 Å². The highest BCUT2D eigenvalue weighted by atomic mass is 127. The number of guanidine groups is 1. The van der Waals surface area contributed by atoms with Crippen LogP contribution in [0.25, 0.3) is 0 Å². The largest absolute Gasteiger partial charge is 0.379 e. The topological polar surface area (TPSA) is 40.1 Å². The van der Waals surface area contributed by atoms with Crippen LogP contribution in [0, 0.1) is 0 Å². The average molecular weight is 470 g/mol. The van der Waals surface area contributed by atoms with Crippen molar-refractivity contribution < 1.29 is 4.74 Å². The summed E-state index contributed by atoms with van der Waals surface area (Å²) in [7, 11) is 0. The second kappa shape index (κ2) is 9.37. The molecule has 0 spiro atoms. The van der Waals surface area contributed by atoms with Gasteiger partial charge in [0.1, 0.15) is 0 Å². The number of likely N-dealkylation sites (tertiary alicyclic amines) is 1. The molecule has 0 amide bonds. The third-order valence-corrected chi connectivity index (χ3v) is 5.78. The Labute approximate surface area is 174 Å². The number of hydrogen-bond acceptors (Lipinski definition) is 3. The number of fused-ring (bicyclic) bond motifs is 1. The summed E-state index contributed by atoms with van der Waals surface area (Å²) in [4.78, 5) is 10.0. The Balaban J connectivity index is 0.00000196. The molecule has 1 aromatic carbocycles. The number of benzene rings is 1. The van der Waals surface area contributed by atoms with E-state index in [4.69, 9.17) is 9.73 Å². The summed E-state index contributed by atoms with van der Waals surface area (Å²) in [5, 5.41) is 3.51. The molecular formula is C20H31IN4O. The molecule has 2 unspecified atom stereocenters. The van der Waals surface area contributed by atoms with Gasteiger partial charge in [-0.2, -0.15) is 0 Å². The van der Waals surface area contributed by atoms with Crippen molar-refractivity contribution in [1.82, 2.24) is 15.1 Å². The lowest BCUT2D eigenvalue weighted by Gasteiger charge is -2.32. The van der Waals surface area contributed by atoms with E-state index in [0.29, 0.717) is 12.0 Å². The van der Waals surface area contributed by atoms with E-state index in [1.807, 2.05) is 0 Å². The fourth-order valence-electron chi connectivity index (χ4n) is 4.32. The molecule has 5 nitrogen and oxygen atoms in total. The first kappa shape index (κ1) is 19.9. The lowest BCUT2D eigenvalue weighted by Crippen LogP contribution is -2.46. The van der Waals surface area contributed by atoms with Crippen LogP contribution in [0.3, 0.4) is 0 Å². The third-order valence-electron chi connectivity index (χ3n) is 5.78. The van der Waals surface area contributed by atoms with E-state index in [0.717, 1.165) is 58.4 Å². The number of rotatable bonds is 4. The number of hydrogen-bond donors (Lipinski definition) is 1. The summed E-state index contributed by atoms with van der Waals surface area (Å²) in [5.74, 6) is 1.70. The van der Waals surface area contributed by atoms with Gasteiger partial charge in [0, 0.05) is 51.2 Å². The maximum absolute atomic E-state index is 5.49. The molecule has 26 heavy (non-hydrogen) atoms. The third kappa shape index (κ3) is 4.34. The molecule has 3 aliphatic rings. The van der Waals surface area contributed by atoms with Crippen LogP contribution in [0.5, 0.6) is 0 Å². The fourth-order valence-corrected chi connectivity index (χ4v) is 4.32. The molecule has 2 saturated heterocycles. The molecule has 1 N–H and O–H groups in total. The predicted molar refractivity (Wildman–Crippen MR) is 117 cm³/mol. The smallest absolute Gasteiger partial charge is 0.193 e. The molecule has 144 valence electrons. The Morgan fingerprint density at radius 2 is 2.04 bits per heavy atom. The van der Waals surface area contributed by atoms with Crippen molar-refractivity contribution in [3.63, 3.8) is 0 Å². The summed E-state index contributed by atoms with van der Waals surface area (Å²) in [6.45, 7) is 10.1. The zero-order chi connectivity index (χ0) is 17.1. The number of nitrogens with one attached hydrogen (secondary N) is 1. The first-order valence-corrected chi connectivity index (χ1v) is 9.78. The fraction of sp³-hybridized carbons (Fsp3) is 0.650. The van der Waals surface area contributed by atoms with Gasteiger partial charge < -0.3 is 15.0 Å². The first-order valence-electron chi connectivity index (χ1n) is 9.78. The van der Waals surface area contributed by atoms with Crippen LogP contribution in [-0.4, -0.2) is 74.3 Å². The van der Waals surface area contributed by atoms with Crippen LogP contribution >= 0.6 is 24.0 Å². The first-order chi connectivity index (χ1) is 12.3. The number of aliphatic imine (C=N–C) groups is 1. The van der Waals surface area contributed by atoms with E-state index in [1.54, 1.807) is 0 Å². The van der Waals surface area contributed by atoms with Gasteiger partial charge >= 0.3 is 0 Å². The Bertz CT molecular complexity index is 618. The summed E-state index contributed by atoms with van der Waals surface area (Å²) >= 11 is 0. The standard InChI is InChI=1S/C20H30N4O.HI/c1-2-21-20(22-14-17-13-16-5-3-4-6-19(16)17)24-8-7-18(15-24)23-9-11-25-12-10-23;/h3-6,17-18H,2,7-15H2,1H3,(H,21,22);1H. The Hall–Kier alpha value is -0.860. The second-order valence-corrected chi connectivity index (χ2v) is 7.33. The summed E-state index contributed by atoms with van der Waals surface area (Å²) < 4.78 is 5.49. The molecule has 1 aromatic rings. The van der Waals surface area contributed by atoms with Crippen LogP contribution in [0.15, 0.2) is 29.3 Å². The highest BCUT2D eigenvalue weighted by molar-refractivity contribution is 14.0. The molecule has 0 bridgehead atoms. The van der Waals surface area contributed by atoms with Crippen molar-refractivity contribution in [3.8, 4) is 0 Å². The summed E-state index contributed by atoms with van der Waals surface area (Å²) in [6.07, 6.45) is 2.41. The van der Waals surface area contributed by atoms with Crippen molar-refractivity contribution >= 4 is 29.9 Å². The van der Waals surface area contributed by atoms with Crippen molar-refractivity contribution in [2.24, 2.45) is 4.99 Å². The van der Waals surface area contributed by atoms with Gasteiger partial charge in [0.05, 0.1) is 13.2 Å². The van der Waals surface area contributed by atoms with Crippen LogP contribution in [-0.2, 0) is 11.2 Å². The lowest BCUT2D eigenvalue weighted by atomic mass is 9.78. The lowest BCUT2D eigenvalue weighted by molar-refractivity contribution is 0.0195. The van der Waals surface area contributed by atoms with Crippen molar-refractivity contribution in [3.05, 3.63) is 35.4 Å². The Morgan fingerprint density at radius 1 is 1.23 bits per heavy atom. The van der Waals surface area contributed by atoms with Crippen LogP contribution in [0.4, 0.5) is 0 Å². The van der Waals surface area contributed by atoms with Gasteiger partial charge in [-0.3, -0.25) is 9.89 Å². The maximum atomic E-state index is 5.49. The monoisotopic (exact) mass is 470 g/mol. The van der Waals surface area contributed by atoms with Gasteiger partial charge in [-0.1, -0.05) is 24.3 Å². The molecule has 0 aromatic heterocycles. The van der Waals surface area contributed by atoms with Gasteiger partial charge in [0.25, 0.3) is 0 Å². The molecule has 2 atom stereocenters. The minimum Gasteiger partial charge on any atom is -0.379 e. The van der Waals surface area contributed by atoms with Crippen LogP contribution in [0.2, 0.25) is 0 Å². The summed E-state index contributed by atoms with van der Waals surface area (Å²) in [6, 6.07) is 9.44. The van der Waals surface area contributed by atoms with E-state index >= 15 is 0 Å². The molecule has 0 saturated carbocycles. The van der Waals surface area contributed by atoms with E-state index in [9.17, 15) is 0 Å². The molecule has 2 heterocycles. The van der Waals surface area contributed by atoms with Crippen molar-refractivity contribution in [2.75, 3.05) is 52.5 Å². The highest BCUT2D eigenvalue weighted by Gasteiger charge is 2.31. The molecule has 2 aliphatic heterocycles. The average Bonchev–Trinajstić information content (AvgIpc) is 3.12. The van der Waals surface area contributed by atoms with Gasteiger partial charge in [-0.25, -0.2) is 0 Å². The zero-order valence-corrected chi connectivity index (χ0v) is 18.0. The minimum atomic E-state index is 0. The molecule has 0 radical (unpaired) electrons. The maximum Gasteiger partial charge on any atom is 0.193 e. The van der Waals surface area contributed by atoms with E-state index in [1.165, 1.54) is 24.0 Å². The van der Waals surface area contributed by atoms with Gasteiger partial charge in [-0.15, -0.1) is 24.0 Å². The SMILES string of the molecule is CCNC(=NCC1Cc2ccccc21)N1CCC(N2CCOCC2)C1.I. The Kier molecular flexibility index (Phi) is 7.17. The number of nitrogens with zero attached hydrogens (tertiary/aromatic N) is 3. The van der Waals surface area contributed by atoms with Gasteiger partial charge in [0.2, 0.25) is 0 Å². The van der Waals surface area contributed by atoms with Crippen LogP contribution in [0.1, 0.15) is 30.4 Å². The zero-order valence-electron chi connectivity index (χ0n) is 15.7. The van der Waals surface area contributed by atoms with Gasteiger partial charge in [0.15, 0.2) is 5.96 Å². The highest BCUT2D eigenvalue weighted by Crippen LogP contribution is 2.34. The molecule has 4 rings (SSSR count). The Morgan fingerprint density at radius 3 is 2.81 bits per heavy atom. The number of ether oxygens (including phenoxy) is 1. The molecule has 6 heteroatoms. The van der Waals surface area contributed by atoms with E-state index in [2.05, 4.69) is 46.3 Å². The number of halogens is 1. The van der Waals surface area contributed by atoms with Crippen molar-refractivity contribution in [1.29, 1.82) is 0 Å².